The van der Waals surface area contributed by atoms with Gasteiger partial charge in [-0.2, -0.15) is 0 Å². The smallest absolute Gasteiger partial charge is 0.262 e. The number of hydrogen-bond acceptors (Lipinski definition) is 4. The van der Waals surface area contributed by atoms with Crippen LogP contribution in [0.3, 0.4) is 0 Å². The van der Waals surface area contributed by atoms with Crippen molar-refractivity contribution in [2.75, 3.05) is 31.6 Å². The number of likely N-dealkylation sites (tertiary alicyclic amines) is 1. The Morgan fingerprint density at radius 2 is 2.00 bits per heavy atom. The van der Waals surface area contributed by atoms with Crippen molar-refractivity contribution < 1.29 is 14.3 Å². The summed E-state index contributed by atoms with van der Waals surface area (Å²) in [5.74, 6) is 0.131. The van der Waals surface area contributed by atoms with Crippen LogP contribution in [0.5, 0.6) is 5.75 Å². The monoisotopic (exact) mass is 399 g/mol. The average Bonchev–Trinajstić information content (AvgIpc) is 3.23. The molecule has 146 valence electrons. The van der Waals surface area contributed by atoms with Gasteiger partial charge in [-0.15, -0.1) is 0 Å². The van der Waals surface area contributed by atoms with Gasteiger partial charge in [-0.25, -0.2) is 0 Å². The number of halogens is 1. The Bertz CT molecular complexity index is 896. The summed E-state index contributed by atoms with van der Waals surface area (Å²) in [6.07, 6.45) is 2.31. The molecule has 4 rings (SSSR count). The van der Waals surface area contributed by atoms with Gasteiger partial charge in [-0.1, -0.05) is 29.8 Å². The quantitative estimate of drug-likeness (QED) is 0.809. The summed E-state index contributed by atoms with van der Waals surface area (Å²) in [4.78, 5) is 26.5. The van der Waals surface area contributed by atoms with E-state index in [1.54, 1.807) is 18.2 Å². The lowest BCUT2D eigenvalue weighted by molar-refractivity contribution is -0.118. The van der Waals surface area contributed by atoms with Crippen LogP contribution in [0.2, 0.25) is 5.02 Å². The Labute approximate surface area is 168 Å². The van der Waals surface area contributed by atoms with Crippen molar-refractivity contribution in [3.05, 3.63) is 58.6 Å². The third-order valence-electron chi connectivity index (χ3n) is 5.18. The first-order valence-corrected chi connectivity index (χ1v) is 9.83. The molecule has 1 atom stereocenters. The third-order valence-corrected chi connectivity index (χ3v) is 5.52. The Hall–Kier alpha value is -2.57. The van der Waals surface area contributed by atoms with Crippen molar-refractivity contribution in [2.24, 2.45) is 0 Å². The molecule has 1 fully saturated rings. The molecule has 2 aromatic rings. The van der Waals surface area contributed by atoms with Crippen LogP contribution >= 0.6 is 11.6 Å². The van der Waals surface area contributed by atoms with E-state index in [-0.39, 0.29) is 24.5 Å². The number of fused-ring (bicyclic) bond motifs is 1. The molecule has 2 amide bonds. The van der Waals surface area contributed by atoms with Crippen molar-refractivity contribution in [2.45, 2.75) is 18.9 Å². The molecule has 2 heterocycles. The van der Waals surface area contributed by atoms with E-state index in [2.05, 4.69) is 15.5 Å². The van der Waals surface area contributed by atoms with Gasteiger partial charge in [0.25, 0.3) is 11.8 Å². The first-order chi connectivity index (χ1) is 13.6. The summed E-state index contributed by atoms with van der Waals surface area (Å²) in [7, 11) is 0. The van der Waals surface area contributed by atoms with E-state index in [1.807, 2.05) is 24.3 Å². The van der Waals surface area contributed by atoms with Crippen molar-refractivity contribution in [3.8, 4) is 5.75 Å². The molecule has 0 radical (unpaired) electrons. The zero-order valence-corrected chi connectivity index (χ0v) is 16.2. The zero-order chi connectivity index (χ0) is 19.5. The van der Waals surface area contributed by atoms with Crippen LogP contribution in [0.15, 0.2) is 42.5 Å². The van der Waals surface area contributed by atoms with Gasteiger partial charge in [0.2, 0.25) is 0 Å². The van der Waals surface area contributed by atoms with Crippen molar-refractivity contribution in [1.82, 2.24) is 10.2 Å². The molecular formula is C21H22ClN3O3. The summed E-state index contributed by atoms with van der Waals surface area (Å²) in [5, 5.41) is 6.47. The Kier molecular flexibility index (Phi) is 5.50. The van der Waals surface area contributed by atoms with Gasteiger partial charge in [-0.05, 0) is 55.8 Å². The van der Waals surface area contributed by atoms with Gasteiger partial charge in [0.15, 0.2) is 6.61 Å². The maximum absolute atomic E-state index is 12.7. The fourth-order valence-corrected chi connectivity index (χ4v) is 4.00. The normalized spacial score (nSPS) is 17.4. The molecule has 2 aromatic carbocycles. The molecule has 2 aliphatic rings. The number of ether oxygens (including phenoxy) is 1. The Morgan fingerprint density at radius 1 is 1.21 bits per heavy atom. The second-order valence-electron chi connectivity index (χ2n) is 7.04. The molecule has 0 aliphatic carbocycles. The number of nitrogens with zero attached hydrogens (tertiary/aromatic N) is 1. The molecule has 6 nitrogen and oxygen atoms in total. The number of hydrogen-bond donors (Lipinski definition) is 2. The molecule has 7 heteroatoms. The van der Waals surface area contributed by atoms with Crippen molar-refractivity contribution in [1.29, 1.82) is 0 Å². The van der Waals surface area contributed by atoms with E-state index in [9.17, 15) is 9.59 Å². The number of carbonyl (C=O) groups is 2. The topological polar surface area (TPSA) is 70.7 Å². The van der Waals surface area contributed by atoms with Crippen LogP contribution < -0.4 is 15.4 Å². The summed E-state index contributed by atoms with van der Waals surface area (Å²) < 4.78 is 5.40. The van der Waals surface area contributed by atoms with Crippen LogP contribution in [-0.4, -0.2) is 43.0 Å². The lowest BCUT2D eigenvalue weighted by Gasteiger charge is -2.29. The second-order valence-corrected chi connectivity index (χ2v) is 7.45. The average molecular weight is 400 g/mol. The first-order valence-electron chi connectivity index (χ1n) is 9.45. The SMILES string of the molecule is O=C1COc2cc(C(=O)NC[C@@H](c3ccccc3Cl)N3CCCC3)ccc2N1. The highest BCUT2D eigenvalue weighted by molar-refractivity contribution is 6.31. The molecule has 1 saturated heterocycles. The first kappa shape index (κ1) is 18.8. The minimum atomic E-state index is -0.196. The lowest BCUT2D eigenvalue weighted by atomic mass is 10.0. The third kappa shape index (κ3) is 3.98. The van der Waals surface area contributed by atoms with Crippen molar-refractivity contribution >= 4 is 29.1 Å². The van der Waals surface area contributed by atoms with E-state index < -0.39 is 0 Å². The molecule has 0 bridgehead atoms. The standard InChI is InChI=1S/C21H22ClN3O3/c22-16-6-2-1-5-15(16)18(25-9-3-4-10-25)12-23-21(27)14-7-8-17-19(11-14)28-13-20(26)24-17/h1-2,5-8,11,18H,3-4,9-10,12-13H2,(H,23,27)(H,24,26)/t18-/m0/s1. The highest BCUT2D eigenvalue weighted by atomic mass is 35.5. The fourth-order valence-electron chi connectivity index (χ4n) is 3.74. The molecule has 0 unspecified atom stereocenters. The van der Waals surface area contributed by atoms with Gasteiger partial charge in [0.05, 0.1) is 11.7 Å². The zero-order valence-electron chi connectivity index (χ0n) is 15.4. The van der Waals surface area contributed by atoms with E-state index in [1.165, 1.54) is 0 Å². The minimum absolute atomic E-state index is 0.0355. The Balaban J connectivity index is 1.49. The summed E-state index contributed by atoms with van der Waals surface area (Å²) in [6, 6.07) is 12.9. The number of carbonyl (C=O) groups excluding carboxylic acids is 2. The largest absolute Gasteiger partial charge is 0.482 e. The molecule has 2 N–H and O–H groups in total. The molecular weight excluding hydrogens is 378 g/mol. The molecule has 0 saturated carbocycles. The van der Waals surface area contributed by atoms with E-state index in [4.69, 9.17) is 16.3 Å². The van der Waals surface area contributed by atoms with Crippen molar-refractivity contribution in [3.63, 3.8) is 0 Å². The lowest BCUT2D eigenvalue weighted by Crippen LogP contribution is -2.37. The van der Waals surface area contributed by atoms with Gasteiger partial charge in [0.1, 0.15) is 5.75 Å². The number of anilines is 1. The molecule has 2 aliphatic heterocycles. The van der Waals surface area contributed by atoms with Gasteiger partial charge < -0.3 is 15.4 Å². The predicted octanol–water partition coefficient (Wildman–Crippen LogP) is 3.24. The molecule has 0 spiro atoms. The number of benzene rings is 2. The number of rotatable bonds is 5. The number of nitrogens with one attached hydrogen (secondary N) is 2. The summed E-state index contributed by atoms with van der Waals surface area (Å²) in [5.41, 5.74) is 2.11. The summed E-state index contributed by atoms with van der Waals surface area (Å²) >= 11 is 6.43. The second kappa shape index (κ2) is 8.20. The van der Waals surface area contributed by atoms with E-state index >= 15 is 0 Å². The predicted molar refractivity (Wildman–Crippen MR) is 108 cm³/mol. The highest BCUT2D eigenvalue weighted by Crippen LogP contribution is 2.31. The highest BCUT2D eigenvalue weighted by Gasteiger charge is 2.26. The molecule has 28 heavy (non-hydrogen) atoms. The van der Waals surface area contributed by atoms with Gasteiger partial charge >= 0.3 is 0 Å². The van der Waals surface area contributed by atoms with Crippen LogP contribution in [0, 0.1) is 0 Å². The maximum atomic E-state index is 12.7. The molecule has 0 aromatic heterocycles. The van der Waals surface area contributed by atoms with Crippen LogP contribution in [0.1, 0.15) is 34.8 Å². The van der Waals surface area contributed by atoms with E-state index in [0.29, 0.717) is 28.6 Å². The van der Waals surface area contributed by atoms with Crippen LogP contribution in [0.4, 0.5) is 5.69 Å². The van der Waals surface area contributed by atoms with Crippen LogP contribution in [-0.2, 0) is 4.79 Å². The van der Waals surface area contributed by atoms with Gasteiger partial charge in [0, 0.05) is 17.1 Å². The van der Waals surface area contributed by atoms with E-state index in [0.717, 1.165) is 31.5 Å². The minimum Gasteiger partial charge on any atom is -0.482 e. The maximum Gasteiger partial charge on any atom is 0.262 e. The summed E-state index contributed by atoms with van der Waals surface area (Å²) in [6.45, 7) is 2.43. The fraction of sp³-hybridized carbons (Fsp3) is 0.333. The Morgan fingerprint density at radius 3 is 2.79 bits per heavy atom. The number of amides is 2. The van der Waals surface area contributed by atoms with Crippen LogP contribution in [0.25, 0.3) is 0 Å². The van der Waals surface area contributed by atoms with Gasteiger partial charge in [-0.3, -0.25) is 14.5 Å².